The van der Waals surface area contributed by atoms with E-state index >= 15 is 0 Å². The molecule has 0 aliphatic rings. The Labute approximate surface area is 108 Å². The molecule has 0 unspecified atom stereocenters. The highest BCUT2D eigenvalue weighted by molar-refractivity contribution is 9.10. The molecule has 0 saturated heterocycles. The molecule has 0 bridgehead atoms. The summed E-state index contributed by atoms with van der Waals surface area (Å²) in [6, 6.07) is 6.82. The third-order valence-corrected chi connectivity index (χ3v) is 3.01. The number of benzene rings is 1. The Kier molecular flexibility index (Phi) is 3.52. The van der Waals surface area contributed by atoms with Gasteiger partial charge in [-0.15, -0.1) is 0 Å². The molecule has 0 N–H and O–H groups in total. The van der Waals surface area contributed by atoms with Crippen molar-refractivity contribution in [1.29, 1.82) is 0 Å². The Bertz CT molecular complexity index is 555. The van der Waals surface area contributed by atoms with Gasteiger partial charge in [-0.2, -0.15) is 0 Å². The Morgan fingerprint density at radius 3 is 2.76 bits per heavy atom. The predicted molar refractivity (Wildman–Crippen MR) is 69.2 cm³/mol. The zero-order chi connectivity index (χ0) is 12.4. The molecule has 88 valence electrons. The molecule has 0 saturated carbocycles. The third-order valence-electron chi connectivity index (χ3n) is 2.60. The van der Waals surface area contributed by atoms with Crippen molar-refractivity contribution >= 4 is 15.9 Å². The van der Waals surface area contributed by atoms with Crippen molar-refractivity contribution in [3.63, 3.8) is 0 Å². The van der Waals surface area contributed by atoms with Crippen LogP contribution >= 0.6 is 15.9 Å². The summed E-state index contributed by atoms with van der Waals surface area (Å²) in [7, 11) is 0. The lowest BCUT2D eigenvalue weighted by Gasteiger charge is -2.07. The number of aryl methyl sites for hydroxylation is 1. The van der Waals surface area contributed by atoms with Gasteiger partial charge in [0.15, 0.2) is 0 Å². The number of hydrogen-bond acceptors (Lipinski definition) is 2. The number of aromatic nitrogens is 2. The normalized spacial score (nSPS) is 10.6. The van der Waals surface area contributed by atoms with Crippen LogP contribution in [-0.4, -0.2) is 9.97 Å². The molecule has 0 radical (unpaired) electrons. The van der Waals surface area contributed by atoms with E-state index in [0.717, 1.165) is 28.1 Å². The van der Waals surface area contributed by atoms with Gasteiger partial charge in [0.2, 0.25) is 0 Å². The van der Waals surface area contributed by atoms with Crippen LogP contribution in [0, 0.1) is 12.7 Å². The second-order valence-corrected chi connectivity index (χ2v) is 4.57. The lowest BCUT2D eigenvalue weighted by atomic mass is 10.1. The van der Waals surface area contributed by atoms with Crippen LogP contribution in [0.1, 0.15) is 18.3 Å². The minimum atomic E-state index is -0.213. The summed E-state index contributed by atoms with van der Waals surface area (Å²) in [4.78, 5) is 8.66. The molecule has 1 aromatic heterocycles. The van der Waals surface area contributed by atoms with Crippen molar-refractivity contribution in [3.8, 4) is 11.3 Å². The van der Waals surface area contributed by atoms with Crippen LogP contribution in [0.2, 0.25) is 0 Å². The van der Waals surface area contributed by atoms with Gasteiger partial charge < -0.3 is 0 Å². The first-order valence-electron chi connectivity index (χ1n) is 5.40. The Morgan fingerprint density at radius 1 is 1.29 bits per heavy atom. The molecular formula is C13H12BrFN2. The van der Waals surface area contributed by atoms with E-state index in [1.165, 1.54) is 6.07 Å². The minimum absolute atomic E-state index is 0.213. The molecule has 2 rings (SSSR count). The van der Waals surface area contributed by atoms with E-state index in [1.807, 2.05) is 13.0 Å². The zero-order valence-corrected chi connectivity index (χ0v) is 11.3. The van der Waals surface area contributed by atoms with E-state index in [2.05, 4.69) is 25.9 Å². The topological polar surface area (TPSA) is 25.8 Å². The van der Waals surface area contributed by atoms with Crippen molar-refractivity contribution in [2.75, 3.05) is 0 Å². The Morgan fingerprint density at radius 2 is 2.06 bits per heavy atom. The fraction of sp³-hybridized carbons (Fsp3) is 0.231. The van der Waals surface area contributed by atoms with E-state index in [4.69, 9.17) is 0 Å². The van der Waals surface area contributed by atoms with E-state index in [-0.39, 0.29) is 5.82 Å². The number of hydrogen-bond donors (Lipinski definition) is 0. The van der Waals surface area contributed by atoms with Gasteiger partial charge >= 0.3 is 0 Å². The quantitative estimate of drug-likeness (QED) is 0.785. The summed E-state index contributed by atoms with van der Waals surface area (Å²) in [6.07, 6.45) is 0.751. The van der Waals surface area contributed by atoms with E-state index < -0.39 is 0 Å². The monoisotopic (exact) mass is 294 g/mol. The average Bonchev–Trinajstić information content (AvgIpc) is 2.31. The average molecular weight is 295 g/mol. The first kappa shape index (κ1) is 12.2. The van der Waals surface area contributed by atoms with Crippen molar-refractivity contribution in [2.24, 2.45) is 0 Å². The number of halogens is 2. The molecule has 4 heteroatoms. The first-order chi connectivity index (χ1) is 8.11. The second-order valence-electron chi connectivity index (χ2n) is 3.76. The summed E-state index contributed by atoms with van der Waals surface area (Å²) >= 11 is 3.35. The highest BCUT2D eigenvalue weighted by Crippen LogP contribution is 2.25. The fourth-order valence-corrected chi connectivity index (χ4v) is 2.07. The number of nitrogens with zero attached hydrogens (tertiary/aromatic N) is 2. The van der Waals surface area contributed by atoms with Crippen LogP contribution in [0.4, 0.5) is 4.39 Å². The second kappa shape index (κ2) is 4.92. The van der Waals surface area contributed by atoms with E-state index in [1.54, 1.807) is 19.1 Å². The van der Waals surface area contributed by atoms with Gasteiger partial charge in [-0.25, -0.2) is 14.4 Å². The van der Waals surface area contributed by atoms with E-state index in [0.29, 0.717) is 5.56 Å². The maximum Gasteiger partial charge on any atom is 0.130 e. The molecule has 0 spiro atoms. The smallest absolute Gasteiger partial charge is 0.130 e. The molecular weight excluding hydrogens is 283 g/mol. The lowest BCUT2D eigenvalue weighted by molar-refractivity contribution is 0.619. The maximum absolute atomic E-state index is 13.5. The predicted octanol–water partition coefficient (Wildman–Crippen LogP) is 3.92. The molecule has 1 heterocycles. The molecule has 0 amide bonds. The van der Waals surface area contributed by atoms with Crippen molar-refractivity contribution < 1.29 is 4.39 Å². The SMILES string of the molecule is CCc1nc(Br)cc(-c2cccc(F)c2C)n1. The number of rotatable bonds is 2. The Hall–Kier alpha value is -1.29. The highest BCUT2D eigenvalue weighted by atomic mass is 79.9. The van der Waals surface area contributed by atoms with Crippen LogP contribution in [0.25, 0.3) is 11.3 Å². The zero-order valence-electron chi connectivity index (χ0n) is 9.67. The van der Waals surface area contributed by atoms with Gasteiger partial charge in [0.1, 0.15) is 16.2 Å². The third kappa shape index (κ3) is 2.52. The van der Waals surface area contributed by atoms with Gasteiger partial charge in [-0.1, -0.05) is 19.1 Å². The maximum atomic E-state index is 13.5. The minimum Gasteiger partial charge on any atom is -0.233 e. The summed E-state index contributed by atoms with van der Waals surface area (Å²) in [5.74, 6) is 0.535. The highest BCUT2D eigenvalue weighted by Gasteiger charge is 2.09. The van der Waals surface area contributed by atoms with Gasteiger partial charge in [0.05, 0.1) is 5.69 Å². The Balaban J connectivity index is 2.60. The summed E-state index contributed by atoms with van der Waals surface area (Å²) in [5.41, 5.74) is 2.17. The molecule has 0 fully saturated rings. The van der Waals surface area contributed by atoms with Crippen molar-refractivity contribution in [2.45, 2.75) is 20.3 Å². The van der Waals surface area contributed by atoms with Crippen LogP contribution in [0.3, 0.4) is 0 Å². The lowest BCUT2D eigenvalue weighted by Crippen LogP contribution is -1.97. The van der Waals surface area contributed by atoms with Gasteiger partial charge in [-0.3, -0.25) is 0 Å². The van der Waals surface area contributed by atoms with Gasteiger partial charge in [-0.05, 0) is 40.5 Å². The van der Waals surface area contributed by atoms with Gasteiger partial charge in [0, 0.05) is 12.0 Å². The van der Waals surface area contributed by atoms with Crippen molar-refractivity contribution in [3.05, 3.63) is 46.1 Å². The molecule has 0 aliphatic heterocycles. The molecule has 17 heavy (non-hydrogen) atoms. The molecule has 0 atom stereocenters. The summed E-state index contributed by atoms with van der Waals surface area (Å²) < 4.78 is 14.2. The van der Waals surface area contributed by atoms with Crippen LogP contribution in [0.5, 0.6) is 0 Å². The van der Waals surface area contributed by atoms with Gasteiger partial charge in [0.25, 0.3) is 0 Å². The molecule has 0 aliphatic carbocycles. The summed E-state index contributed by atoms with van der Waals surface area (Å²) in [6.45, 7) is 3.75. The summed E-state index contributed by atoms with van der Waals surface area (Å²) in [5, 5.41) is 0. The van der Waals surface area contributed by atoms with E-state index in [9.17, 15) is 4.39 Å². The largest absolute Gasteiger partial charge is 0.233 e. The molecule has 2 aromatic rings. The first-order valence-corrected chi connectivity index (χ1v) is 6.20. The van der Waals surface area contributed by atoms with Crippen LogP contribution < -0.4 is 0 Å². The van der Waals surface area contributed by atoms with Crippen LogP contribution in [-0.2, 0) is 6.42 Å². The fourth-order valence-electron chi connectivity index (χ4n) is 1.65. The molecule has 2 nitrogen and oxygen atoms in total. The van der Waals surface area contributed by atoms with Crippen LogP contribution in [0.15, 0.2) is 28.9 Å². The standard InChI is InChI=1S/C13H12BrFN2/c1-3-13-16-11(7-12(14)17-13)9-5-4-6-10(15)8(9)2/h4-7H,3H2,1-2H3. The molecule has 1 aromatic carbocycles. The van der Waals surface area contributed by atoms with Crippen molar-refractivity contribution in [1.82, 2.24) is 9.97 Å².